The van der Waals surface area contributed by atoms with Gasteiger partial charge in [-0.05, 0) is 77.0 Å². The Kier molecular flexibility index (Phi) is 37.8. The quantitative estimate of drug-likeness (QED) is 0.0217. The Hall–Kier alpha value is -1.80. The maximum atomic E-state index is 12.7. The molecule has 0 bridgehead atoms. The second kappa shape index (κ2) is 39.0. The molecule has 0 aromatic carbocycles. The molecule has 320 valence electrons. The molecular weight excluding hydrogens is 709 g/mol. The van der Waals surface area contributed by atoms with Gasteiger partial charge in [-0.25, -0.2) is 4.57 Å². The maximum Gasteiger partial charge on any atom is 0.472 e. The third kappa shape index (κ3) is 43.2. The van der Waals surface area contributed by atoms with Crippen LogP contribution in [0.25, 0.3) is 0 Å². The number of carbonyl (C=O) groups is 1. The zero-order valence-electron chi connectivity index (χ0n) is 36.1. The third-order valence-corrected chi connectivity index (χ3v) is 10.0. The molecule has 0 aliphatic carbocycles. The highest BCUT2D eigenvalue weighted by molar-refractivity contribution is 7.47. The highest BCUT2D eigenvalue weighted by Crippen LogP contribution is 2.43. The van der Waals surface area contributed by atoms with Crippen LogP contribution in [0.2, 0.25) is 0 Å². The summed E-state index contributed by atoms with van der Waals surface area (Å²) in [5, 5.41) is 0. The number of rotatable bonds is 40. The average Bonchev–Trinajstić information content (AvgIpc) is 3.13. The fraction of sp³-hybridized carbons (Fsp3) is 0.761. The lowest BCUT2D eigenvalue weighted by atomic mass is 10.1. The summed E-state index contributed by atoms with van der Waals surface area (Å²) in [7, 11) is 1.64. The Labute approximate surface area is 339 Å². The Balaban J connectivity index is 4.25. The first-order chi connectivity index (χ1) is 26.6. The number of esters is 1. The smallest absolute Gasteiger partial charge is 0.457 e. The van der Waals surface area contributed by atoms with E-state index in [4.69, 9.17) is 18.5 Å². The predicted molar refractivity (Wildman–Crippen MR) is 233 cm³/mol. The van der Waals surface area contributed by atoms with Gasteiger partial charge in [0, 0.05) is 13.0 Å². The molecule has 9 heteroatoms. The predicted octanol–water partition coefficient (Wildman–Crippen LogP) is 12.9. The number of nitrogens with zero attached hydrogens (tertiary/aromatic N) is 1. The van der Waals surface area contributed by atoms with Crippen molar-refractivity contribution in [2.45, 2.75) is 174 Å². The summed E-state index contributed by atoms with van der Waals surface area (Å²) >= 11 is 0. The molecule has 55 heavy (non-hydrogen) atoms. The van der Waals surface area contributed by atoms with Crippen molar-refractivity contribution in [3.8, 4) is 0 Å². The van der Waals surface area contributed by atoms with Crippen molar-refractivity contribution in [1.82, 2.24) is 0 Å². The van der Waals surface area contributed by atoms with Crippen LogP contribution in [0.5, 0.6) is 0 Å². The Bertz CT molecular complexity index is 1060. The molecule has 8 nitrogen and oxygen atoms in total. The van der Waals surface area contributed by atoms with Crippen molar-refractivity contribution in [3.05, 3.63) is 60.8 Å². The molecule has 0 heterocycles. The Morgan fingerprint density at radius 1 is 0.564 bits per heavy atom. The number of quaternary nitrogens is 1. The van der Waals surface area contributed by atoms with Gasteiger partial charge in [0.2, 0.25) is 0 Å². The first-order valence-corrected chi connectivity index (χ1v) is 23.5. The van der Waals surface area contributed by atoms with E-state index in [0.29, 0.717) is 24.1 Å². The van der Waals surface area contributed by atoms with Crippen LogP contribution in [0.4, 0.5) is 0 Å². The van der Waals surface area contributed by atoms with E-state index in [2.05, 4.69) is 74.6 Å². The van der Waals surface area contributed by atoms with Gasteiger partial charge in [0.25, 0.3) is 0 Å². The number of hydrogen-bond donors (Lipinski definition) is 1. The van der Waals surface area contributed by atoms with Crippen molar-refractivity contribution in [3.63, 3.8) is 0 Å². The van der Waals surface area contributed by atoms with Crippen LogP contribution >= 0.6 is 7.82 Å². The summed E-state index contributed by atoms with van der Waals surface area (Å²) < 4.78 is 35.0. The highest BCUT2D eigenvalue weighted by Gasteiger charge is 2.26. The fourth-order valence-electron chi connectivity index (χ4n) is 5.60. The van der Waals surface area contributed by atoms with Crippen LogP contribution in [0.15, 0.2) is 60.8 Å². The van der Waals surface area contributed by atoms with E-state index >= 15 is 0 Å². The summed E-state index contributed by atoms with van der Waals surface area (Å²) in [5.41, 5.74) is 0. The minimum atomic E-state index is -4.28. The van der Waals surface area contributed by atoms with E-state index in [1.54, 1.807) is 0 Å². The number of hydrogen-bond acceptors (Lipinski definition) is 6. The molecule has 2 atom stereocenters. The lowest BCUT2D eigenvalue weighted by Gasteiger charge is -2.24. The molecule has 0 rings (SSSR count). The van der Waals surface area contributed by atoms with Gasteiger partial charge in [0.1, 0.15) is 19.3 Å². The number of unbranched alkanes of at least 4 members (excludes halogenated alkanes) is 16. The van der Waals surface area contributed by atoms with Crippen molar-refractivity contribution >= 4 is 13.8 Å². The molecule has 0 aliphatic rings. The summed E-state index contributed by atoms with van der Waals surface area (Å²) in [6.07, 6.45) is 48.2. The minimum Gasteiger partial charge on any atom is -0.457 e. The molecule has 0 aliphatic heterocycles. The van der Waals surface area contributed by atoms with E-state index in [1.807, 2.05) is 21.1 Å². The molecule has 0 saturated carbocycles. The topological polar surface area (TPSA) is 91.3 Å². The summed E-state index contributed by atoms with van der Waals surface area (Å²) in [4.78, 5) is 22.9. The summed E-state index contributed by atoms with van der Waals surface area (Å²) in [6.45, 7) is 5.47. The van der Waals surface area contributed by atoms with Crippen LogP contribution in [0.1, 0.15) is 168 Å². The van der Waals surface area contributed by atoms with E-state index < -0.39 is 13.9 Å². The fourth-order valence-corrected chi connectivity index (χ4v) is 6.34. The van der Waals surface area contributed by atoms with Gasteiger partial charge < -0.3 is 18.9 Å². The van der Waals surface area contributed by atoms with Gasteiger partial charge in [-0.2, -0.15) is 0 Å². The van der Waals surface area contributed by atoms with Crippen molar-refractivity contribution < 1.29 is 37.3 Å². The standard InChI is InChI=1S/C46H84NO7P/c1-6-8-10-12-14-16-18-20-21-22-23-24-25-26-28-30-32-34-36-38-41-51-43-45(44-53-55(49,50)52-42-40-47(3,4)5)54-46(48)39-37-35-33-31-29-27-19-17-15-13-11-9-7-2/h11,13-14,16-17,19-21,23-24,45H,6-10,12,15,18,22,25-44H2,1-5H3/p+1/b13-11-,16-14-,19-17-,21-20-,24-23-. The zero-order valence-corrected chi connectivity index (χ0v) is 37.0. The van der Waals surface area contributed by atoms with Crippen molar-refractivity contribution in [1.29, 1.82) is 0 Å². The number of ether oxygens (including phenoxy) is 2. The first kappa shape index (κ1) is 53.2. The van der Waals surface area contributed by atoms with Gasteiger partial charge in [0.15, 0.2) is 0 Å². The molecule has 1 N–H and O–H groups in total. The third-order valence-electron chi connectivity index (χ3n) is 9.03. The van der Waals surface area contributed by atoms with E-state index in [9.17, 15) is 14.3 Å². The number of phosphoric acid groups is 1. The van der Waals surface area contributed by atoms with E-state index in [1.165, 1.54) is 64.2 Å². The second-order valence-electron chi connectivity index (χ2n) is 15.7. The molecule has 0 aromatic heterocycles. The van der Waals surface area contributed by atoms with Gasteiger partial charge in [-0.1, -0.05) is 145 Å². The normalized spacial score (nSPS) is 14.4. The number of allylic oxidation sites excluding steroid dienone is 10. The zero-order chi connectivity index (χ0) is 40.6. The van der Waals surface area contributed by atoms with Crippen molar-refractivity contribution in [2.75, 3.05) is 54.1 Å². The molecule has 0 spiro atoms. The lowest BCUT2D eigenvalue weighted by Crippen LogP contribution is -2.37. The Morgan fingerprint density at radius 3 is 1.56 bits per heavy atom. The van der Waals surface area contributed by atoms with Crippen LogP contribution in [0.3, 0.4) is 0 Å². The average molecular weight is 795 g/mol. The molecule has 2 unspecified atom stereocenters. The number of likely N-dealkylation sites (N-methyl/N-ethyl adjacent to an activating group) is 1. The molecule has 0 amide bonds. The summed E-state index contributed by atoms with van der Waals surface area (Å²) in [5.74, 6) is -0.334. The monoisotopic (exact) mass is 795 g/mol. The van der Waals surface area contributed by atoms with Crippen LogP contribution in [-0.2, 0) is 27.9 Å². The Morgan fingerprint density at radius 2 is 1.04 bits per heavy atom. The molecular formula is C46H85NO7P+. The van der Waals surface area contributed by atoms with Crippen LogP contribution in [-0.4, -0.2) is 75.6 Å². The first-order valence-electron chi connectivity index (χ1n) is 22.0. The van der Waals surface area contributed by atoms with E-state index in [0.717, 1.165) is 83.5 Å². The largest absolute Gasteiger partial charge is 0.472 e. The molecule has 0 radical (unpaired) electrons. The van der Waals surface area contributed by atoms with Crippen LogP contribution < -0.4 is 0 Å². The maximum absolute atomic E-state index is 12.7. The van der Waals surface area contributed by atoms with Crippen LogP contribution in [0, 0.1) is 0 Å². The van der Waals surface area contributed by atoms with Gasteiger partial charge in [-0.15, -0.1) is 0 Å². The molecule has 0 saturated heterocycles. The SMILES string of the molecule is CCC/C=C\C/C=C\CCCCCCCC(=O)OC(COCCCCCCCCC/C=C\C/C=C\C/C=C\CCCCC)COP(=O)(O)OCC[N+](C)(C)C. The summed E-state index contributed by atoms with van der Waals surface area (Å²) in [6, 6.07) is 0. The van der Waals surface area contributed by atoms with Gasteiger partial charge >= 0.3 is 13.8 Å². The number of phosphoric ester groups is 1. The second-order valence-corrected chi connectivity index (χ2v) is 17.2. The minimum absolute atomic E-state index is 0.0809. The number of carbonyl (C=O) groups excluding carboxylic acids is 1. The van der Waals surface area contributed by atoms with Gasteiger partial charge in [0.05, 0.1) is 34.4 Å². The van der Waals surface area contributed by atoms with Gasteiger partial charge in [-0.3, -0.25) is 13.8 Å². The highest BCUT2D eigenvalue weighted by atomic mass is 31.2. The van der Waals surface area contributed by atoms with Crippen molar-refractivity contribution in [2.24, 2.45) is 0 Å². The van der Waals surface area contributed by atoms with E-state index in [-0.39, 0.29) is 25.8 Å². The molecule has 0 fully saturated rings. The molecule has 0 aromatic rings. The lowest BCUT2D eigenvalue weighted by molar-refractivity contribution is -0.870.